The van der Waals surface area contributed by atoms with Gasteiger partial charge in [0.2, 0.25) is 0 Å². The maximum absolute atomic E-state index is 13.7. The Morgan fingerprint density at radius 2 is 2.20 bits per heavy atom. The third kappa shape index (κ3) is 2.34. The number of nitrogens with zero attached hydrogens (tertiary/aromatic N) is 3. The molecule has 0 unspecified atom stereocenters. The Bertz CT molecular complexity index is 661. The molecule has 20 heavy (non-hydrogen) atoms. The molecule has 0 saturated carbocycles. The maximum Gasteiger partial charge on any atom is 0.256 e. The third-order valence-corrected chi connectivity index (χ3v) is 3.42. The average Bonchev–Trinajstić information content (AvgIpc) is 2.45. The molecule has 1 aliphatic heterocycles. The zero-order valence-electron chi connectivity index (χ0n) is 11.1. The summed E-state index contributed by atoms with van der Waals surface area (Å²) in [5.74, 6) is -0.659. The van der Waals surface area contributed by atoms with Crippen LogP contribution in [-0.2, 0) is 0 Å². The molecule has 2 aromatic rings. The number of piperazine rings is 1. The van der Waals surface area contributed by atoms with Crippen molar-refractivity contribution in [3.8, 4) is 0 Å². The van der Waals surface area contributed by atoms with Crippen LogP contribution in [0.1, 0.15) is 17.3 Å². The zero-order chi connectivity index (χ0) is 14.1. The molecule has 3 rings (SSSR count). The lowest BCUT2D eigenvalue weighted by atomic mass is 10.1. The highest BCUT2D eigenvalue weighted by atomic mass is 19.1. The van der Waals surface area contributed by atoms with Gasteiger partial charge in [0.05, 0.1) is 11.1 Å². The van der Waals surface area contributed by atoms with Crippen LogP contribution in [0.3, 0.4) is 0 Å². The van der Waals surface area contributed by atoms with Gasteiger partial charge in [-0.3, -0.25) is 14.8 Å². The predicted molar refractivity (Wildman–Crippen MR) is 72.9 cm³/mol. The smallest absolute Gasteiger partial charge is 0.256 e. The number of nitrogens with one attached hydrogen (secondary N) is 1. The molecule has 1 aromatic carbocycles. The molecule has 6 heteroatoms. The Hall–Kier alpha value is -2.08. The van der Waals surface area contributed by atoms with E-state index in [1.807, 2.05) is 6.92 Å². The minimum absolute atomic E-state index is 0.191. The minimum atomic E-state index is -0.468. The fraction of sp³-hybridized carbons (Fsp3) is 0.357. The van der Waals surface area contributed by atoms with Gasteiger partial charge in [0.1, 0.15) is 11.3 Å². The van der Waals surface area contributed by atoms with Crippen molar-refractivity contribution in [3.63, 3.8) is 0 Å². The number of fused-ring (bicyclic) bond motifs is 1. The molecule has 1 aliphatic rings. The van der Waals surface area contributed by atoms with Crippen LogP contribution in [0.4, 0.5) is 4.39 Å². The molecule has 104 valence electrons. The summed E-state index contributed by atoms with van der Waals surface area (Å²) >= 11 is 0. The molecular weight excluding hydrogens is 259 g/mol. The lowest BCUT2D eigenvalue weighted by Gasteiger charge is -2.32. The first-order chi connectivity index (χ1) is 9.65. The normalized spacial score (nSPS) is 19.3. The second kappa shape index (κ2) is 5.13. The molecule has 1 aromatic heterocycles. The molecule has 1 fully saturated rings. The Morgan fingerprint density at radius 3 is 3.00 bits per heavy atom. The van der Waals surface area contributed by atoms with Crippen LogP contribution in [-0.4, -0.2) is 46.5 Å². The number of rotatable bonds is 1. The number of hydrogen-bond donors (Lipinski definition) is 1. The van der Waals surface area contributed by atoms with E-state index in [0.29, 0.717) is 24.1 Å². The second-order valence-corrected chi connectivity index (χ2v) is 4.98. The second-order valence-electron chi connectivity index (χ2n) is 4.98. The maximum atomic E-state index is 13.7. The Morgan fingerprint density at radius 1 is 1.40 bits per heavy atom. The summed E-state index contributed by atoms with van der Waals surface area (Å²) in [6, 6.07) is 2.77. The number of carbonyl (C=O) groups excluding carboxylic acids is 1. The van der Waals surface area contributed by atoms with E-state index in [9.17, 15) is 9.18 Å². The van der Waals surface area contributed by atoms with Gasteiger partial charge >= 0.3 is 0 Å². The van der Waals surface area contributed by atoms with Crippen molar-refractivity contribution in [2.75, 3.05) is 19.6 Å². The van der Waals surface area contributed by atoms with E-state index in [2.05, 4.69) is 15.3 Å². The van der Waals surface area contributed by atoms with Crippen LogP contribution in [0.15, 0.2) is 24.5 Å². The molecule has 0 aliphatic carbocycles. The molecule has 0 radical (unpaired) electrons. The highest BCUT2D eigenvalue weighted by molar-refractivity contribution is 6.04. The average molecular weight is 274 g/mol. The van der Waals surface area contributed by atoms with Crippen molar-refractivity contribution in [1.29, 1.82) is 0 Å². The summed E-state index contributed by atoms with van der Waals surface area (Å²) in [6.07, 6.45) is 3.00. The molecule has 1 atom stereocenters. The summed E-state index contributed by atoms with van der Waals surface area (Å²) in [6.45, 7) is 3.98. The van der Waals surface area contributed by atoms with Crippen LogP contribution < -0.4 is 5.32 Å². The number of benzene rings is 1. The van der Waals surface area contributed by atoms with Gasteiger partial charge in [-0.2, -0.15) is 0 Å². The molecular formula is C14H15FN4O. The number of hydrogen-bond acceptors (Lipinski definition) is 4. The van der Waals surface area contributed by atoms with Crippen molar-refractivity contribution in [3.05, 3.63) is 35.9 Å². The van der Waals surface area contributed by atoms with E-state index >= 15 is 0 Å². The van der Waals surface area contributed by atoms with Crippen molar-refractivity contribution >= 4 is 16.9 Å². The SMILES string of the molecule is C[C@H]1CN(C(=O)c2cc(F)cc3nccnc23)CCN1. The first kappa shape index (κ1) is 12.9. The summed E-state index contributed by atoms with van der Waals surface area (Å²) in [5, 5.41) is 3.27. The highest BCUT2D eigenvalue weighted by Crippen LogP contribution is 2.19. The van der Waals surface area contributed by atoms with Gasteiger partial charge < -0.3 is 10.2 Å². The monoisotopic (exact) mass is 274 g/mol. The lowest BCUT2D eigenvalue weighted by molar-refractivity contribution is 0.0710. The van der Waals surface area contributed by atoms with Crippen molar-refractivity contribution < 1.29 is 9.18 Å². The van der Waals surface area contributed by atoms with Crippen LogP contribution in [0.25, 0.3) is 11.0 Å². The number of carbonyl (C=O) groups is 1. The fourth-order valence-electron chi connectivity index (χ4n) is 2.49. The van der Waals surface area contributed by atoms with E-state index in [1.165, 1.54) is 24.5 Å². The standard InChI is InChI=1S/C14H15FN4O/c1-9-8-19(5-4-16-9)14(20)11-6-10(15)7-12-13(11)18-3-2-17-12/h2-3,6-7,9,16H,4-5,8H2,1H3/t9-/m0/s1. The van der Waals surface area contributed by atoms with Crippen molar-refractivity contribution in [2.24, 2.45) is 0 Å². The summed E-state index contributed by atoms with van der Waals surface area (Å²) in [7, 11) is 0. The summed E-state index contributed by atoms with van der Waals surface area (Å²) in [5.41, 5.74) is 1.13. The van der Waals surface area contributed by atoms with E-state index in [-0.39, 0.29) is 17.5 Å². The number of halogens is 1. The number of amides is 1. The topological polar surface area (TPSA) is 58.1 Å². The van der Waals surface area contributed by atoms with Crippen molar-refractivity contribution in [2.45, 2.75) is 13.0 Å². The largest absolute Gasteiger partial charge is 0.336 e. The predicted octanol–water partition coefficient (Wildman–Crippen LogP) is 1.20. The van der Waals surface area contributed by atoms with E-state index < -0.39 is 5.82 Å². The van der Waals surface area contributed by atoms with Crippen LogP contribution in [0.2, 0.25) is 0 Å². The van der Waals surface area contributed by atoms with Gasteiger partial charge in [-0.1, -0.05) is 0 Å². The molecule has 5 nitrogen and oxygen atoms in total. The van der Waals surface area contributed by atoms with Gasteiger partial charge in [0, 0.05) is 44.1 Å². The van der Waals surface area contributed by atoms with E-state index in [0.717, 1.165) is 6.54 Å². The van der Waals surface area contributed by atoms with E-state index in [4.69, 9.17) is 0 Å². The molecule has 1 N–H and O–H groups in total. The molecule has 2 heterocycles. The van der Waals surface area contributed by atoms with Gasteiger partial charge in [0.15, 0.2) is 0 Å². The van der Waals surface area contributed by atoms with Crippen LogP contribution >= 0.6 is 0 Å². The summed E-state index contributed by atoms with van der Waals surface area (Å²) in [4.78, 5) is 22.5. The van der Waals surface area contributed by atoms with Gasteiger partial charge in [0.25, 0.3) is 5.91 Å². The van der Waals surface area contributed by atoms with Gasteiger partial charge in [-0.05, 0) is 13.0 Å². The van der Waals surface area contributed by atoms with E-state index in [1.54, 1.807) is 4.90 Å². The minimum Gasteiger partial charge on any atom is -0.336 e. The van der Waals surface area contributed by atoms with Gasteiger partial charge in [-0.15, -0.1) is 0 Å². The Balaban J connectivity index is 2.02. The fourth-order valence-corrected chi connectivity index (χ4v) is 2.49. The zero-order valence-corrected chi connectivity index (χ0v) is 11.1. The summed E-state index contributed by atoms with van der Waals surface area (Å²) < 4.78 is 13.7. The molecule has 0 bridgehead atoms. The Kier molecular flexibility index (Phi) is 3.31. The highest BCUT2D eigenvalue weighted by Gasteiger charge is 2.24. The molecule has 1 saturated heterocycles. The van der Waals surface area contributed by atoms with Crippen LogP contribution in [0, 0.1) is 5.82 Å². The first-order valence-corrected chi connectivity index (χ1v) is 6.58. The quantitative estimate of drug-likeness (QED) is 0.849. The van der Waals surface area contributed by atoms with Gasteiger partial charge in [-0.25, -0.2) is 4.39 Å². The third-order valence-electron chi connectivity index (χ3n) is 3.42. The Labute approximate surface area is 115 Å². The van der Waals surface area contributed by atoms with Crippen LogP contribution in [0.5, 0.6) is 0 Å². The lowest BCUT2D eigenvalue weighted by Crippen LogP contribution is -2.51. The number of aromatic nitrogens is 2. The molecule has 1 amide bonds. The molecule has 0 spiro atoms. The van der Waals surface area contributed by atoms with Crippen molar-refractivity contribution in [1.82, 2.24) is 20.2 Å². The first-order valence-electron chi connectivity index (χ1n) is 6.58.